The molecule has 0 amide bonds. The van der Waals surface area contributed by atoms with E-state index in [1.807, 2.05) is 0 Å². The summed E-state index contributed by atoms with van der Waals surface area (Å²) in [5.74, 6) is 3.27. The first-order valence-electron chi connectivity index (χ1n) is 6.53. The summed E-state index contributed by atoms with van der Waals surface area (Å²) >= 11 is 0. The van der Waals surface area contributed by atoms with Gasteiger partial charge in [0.2, 0.25) is 0 Å². The van der Waals surface area contributed by atoms with Crippen molar-refractivity contribution in [3.8, 4) is 0 Å². The van der Waals surface area contributed by atoms with Gasteiger partial charge in [-0.25, -0.2) is 0 Å². The first kappa shape index (κ1) is 10.5. The summed E-state index contributed by atoms with van der Waals surface area (Å²) in [6.07, 6.45) is 10.7. The van der Waals surface area contributed by atoms with E-state index >= 15 is 0 Å². The van der Waals surface area contributed by atoms with E-state index in [0.29, 0.717) is 5.41 Å². The molecule has 82 valence electrons. The Balaban J connectivity index is 1.89. The molecule has 2 atom stereocenters. The van der Waals surface area contributed by atoms with Crippen molar-refractivity contribution < 1.29 is 0 Å². The van der Waals surface area contributed by atoms with Crippen LogP contribution in [-0.4, -0.2) is 0 Å². The summed E-state index contributed by atoms with van der Waals surface area (Å²) in [6.45, 7) is 7.20. The van der Waals surface area contributed by atoms with E-state index in [4.69, 9.17) is 0 Å². The van der Waals surface area contributed by atoms with E-state index in [1.54, 1.807) is 19.3 Å². The van der Waals surface area contributed by atoms with Crippen molar-refractivity contribution in [1.29, 1.82) is 0 Å². The van der Waals surface area contributed by atoms with Gasteiger partial charge in [0.1, 0.15) is 0 Å². The van der Waals surface area contributed by atoms with E-state index in [0.717, 1.165) is 17.8 Å². The van der Waals surface area contributed by atoms with Gasteiger partial charge in [-0.05, 0) is 48.9 Å². The van der Waals surface area contributed by atoms with E-state index in [1.165, 1.54) is 25.7 Å². The highest BCUT2D eigenvalue weighted by Crippen LogP contribution is 2.45. The van der Waals surface area contributed by atoms with Gasteiger partial charge in [0.15, 0.2) is 0 Å². The maximum Gasteiger partial charge on any atom is -0.0380 e. The molecule has 0 aromatic carbocycles. The Morgan fingerprint density at radius 3 is 2.00 bits per heavy atom. The minimum Gasteiger partial charge on any atom is -0.0602 e. The van der Waals surface area contributed by atoms with Crippen LogP contribution in [0.2, 0.25) is 0 Å². The highest BCUT2D eigenvalue weighted by atomic mass is 14.4. The largest absolute Gasteiger partial charge is 0.0602 e. The fourth-order valence-corrected chi connectivity index (χ4v) is 3.90. The lowest BCUT2D eigenvalue weighted by atomic mass is 9.65. The lowest BCUT2D eigenvalue weighted by molar-refractivity contribution is 0.109. The fourth-order valence-electron chi connectivity index (χ4n) is 3.90. The summed E-state index contributed by atoms with van der Waals surface area (Å²) in [7, 11) is 0. The molecule has 2 unspecified atom stereocenters. The van der Waals surface area contributed by atoms with Gasteiger partial charge in [0.25, 0.3) is 0 Å². The van der Waals surface area contributed by atoms with Gasteiger partial charge < -0.3 is 0 Å². The van der Waals surface area contributed by atoms with Crippen molar-refractivity contribution in [2.24, 2.45) is 23.2 Å². The molecule has 2 aliphatic rings. The van der Waals surface area contributed by atoms with Crippen LogP contribution in [0.1, 0.15) is 65.7 Å². The molecule has 0 saturated heterocycles. The monoisotopic (exact) mass is 194 g/mol. The molecular formula is C14H26. The molecule has 0 radical (unpaired) electrons. The summed E-state index contributed by atoms with van der Waals surface area (Å²) in [5.41, 5.74) is 0.552. The molecule has 2 fully saturated rings. The Hall–Kier alpha value is 0. The van der Waals surface area contributed by atoms with Gasteiger partial charge in [-0.15, -0.1) is 0 Å². The van der Waals surface area contributed by atoms with Crippen LogP contribution >= 0.6 is 0 Å². The molecule has 0 N–H and O–H groups in total. The minimum atomic E-state index is 0.552. The zero-order valence-electron chi connectivity index (χ0n) is 10.2. The molecule has 0 spiro atoms. The van der Waals surface area contributed by atoms with Crippen molar-refractivity contribution in [2.45, 2.75) is 65.7 Å². The van der Waals surface area contributed by atoms with Crippen LogP contribution in [0, 0.1) is 23.2 Å². The number of hydrogen-bond donors (Lipinski definition) is 0. The van der Waals surface area contributed by atoms with Gasteiger partial charge in [-0.1, -0.05) is 40.0 Å². The van der Waals surface area contributed by atoms with Gasteiger partial charge in [-0.3, -0.25) is 0 Å². The highest BCUT2D eigenvalue weighted by Gasteiger charge is 2.33. The highest BCUT2D eigenvalue weighted by molar-refractivity contribution is 4.84. The Bertz CT molecular complexity index is 175. The van der Waals surface area contributed by atoms with Gasteiger partial charge >= 0.3 is 0 Å². The Labute approximate surface area is 89.5 Å². The Morgan fingerprint density at radius 1 is 0.929 bits per heavy atom. The van der Waals surface area contributed by atoms with Gasteiger partial charge in [0.05, 0.1) is 0 Å². The minimum absolute atomic E-state index is 0.552. The predicted molar refractivity (Wildman–Crippen MR) is 62.2 cm³/mol. The molecule has 0 aliphatic heterocycles. The van der Waals surface area contributed by atoms with E-state index in [-0.39, 0.29) is 0 Å². The third kappa shape index (κ3) is 2.74. The molecule has 2 aliphatic carbocycles. The molecule has 0 nitrogen and oxygen atoms in total. The average Bonchev–Trinajstić information content (AvgIpc) is 1.99. The fraction of sp³-hybridized carbons (Fsp3) is 1.00. The van der Waals surface area contributed by atoms with Crippen LogP contribution in [0.25, 0.3) is 0 Å². The first-order valence-corrected chi connectivity index (χ1v) is 6.53. The lowest BCUT2D eigenvalue weighted by Crippen LogP contribution is -2.28. The molecule has 2 saturated carbocycles. The molecule has 0 heterocycles. The van der Waals surface area contributed by atoms with Crippen LogP contribution in [-0.2, 0) is 0 Å². The maximum absolute atomic E-state index is 2.40. The van der Waals surface area contributed by atoms with Gasteiger partial charge in [-0.2, -0.15) is 0 Å². The number of hydrogen-bond acceptors (Lipinski definition) is 0. The second kappa shape index (κ2) is 3.87. The molecular weight excluding hydrogens is 168 g/mol. The van der Waals surface area contributed by atoms with Gasteiger partial charge in [0, 0.05) is 0 Å². The smallest absolute Gasteiger partial charge is 0.0380 e. The summed E-state index contributed by atoms with van der Waals surface area (Å²) in [4.78, 5) is 0. The zero-order valence-corrected chi connectivity index (χ0v) is 10.2. The molecule has 14 heavy (non-hydrogen) atoms. The second-order valence-corrected chi connectivity index (χ2v) is 7.00. The zero-order chi connectivity index (χ0) is 10.2. The molecule has 0 aromatic heterocycles. The number of rotatable bonds is 1. The number of fused-ring (bicyclic) bond motifs is 2. The van der Waals surface area contributed by atoms with E-state index < -0.39 is 0 Å². The third-order valence-corrected chi connectivity index (χ3v) is 4.13. The Morgan fingerprint density at radius 2 is 1.50 bits per heavy atom. The SMILES string of the molecule is CC(C)(C)CC1CC2CCCC(C2)C1. The molecule has 0 aromatic rings. The van der Waals surface area contributed by atoms with E-state index in [9.17, 15) is 0 Å². The standard InChI is InChI=1S/C14H26/c1-14(2,3)10-13-8-11-5-4-6-12(7-11)9-13/h11-13H,4-10H2,1-3H3. The third-order valence-electron chi connectivity index (χ3n) is 4.13. The topological polar surface area (TPSA) is 0 Å². The van der Waals surface area contributed by atoms with Crippen molar-refractivity contribution in [2.75, 3.05) is 0 Å². The van der Waals surface area contributed by atoms with E-state index in [2.05, 4.69) is 20.8 Å². The van der Waals surface area contributed by atoms with Crippen LogP contribution in [0.4, 0.5) is 0 Å². The second-order valence-electron chi connectivity index (χ2n) is 7.00. The molecule has 2 rings (SSSR count). The quantitative estimate of drug-likeness (QED) is 0.570. The van der Waals surface area contributed by atoms with Crippen molar-refractivity contribution in [3.05, 3.63) is 0 Å². The van der Waals surface area contributed by atoms with Crippen LogP contribution in [0.5, 0.6) is 0 Å². The maximum atomic E-state index is 2.40. The first-order chi connectivity index (χ1) is 6.53. The van der Waals surface area contributed by atoms with Crippen molar-refractivity contribution in [3.63, 3.8) is 0 Å². The lowest BCUT2D eigenvalue weighted by Gasteiger charge is -2.41. The van der Waals surface area contributed by atoms with Crippen molar-refractivity contribution in [1.82, 2.24) is 0 Å². The Kier molecular flexibility index (Phi) is 2.91. The van der Waals surface area contributed by atoms with Crippen LogP contribution < -0.4 is 0 Å². The summed E-state index contributed by atoms with van der Waals surface area (Å²) in [6, 6.07) is 0. The normalized spacial score (nSPS) is 38.4. The van der Waals surface area contributed by atoms with Crippen molar-refractivity contribution >= 4 is 0 Å². The predicted octanol–water partition coefficient (Wildman–Crippen LogP) is 4.64. The summed E-state index contributed by atoms with van der Waals surface area (Å²) < 4.78 is 0. The molecule has 0 heteroatoms. The molecule has 2 bridgehead atoms. The summed E-state index contributed by atoms with van der Waals surface area (Å²) in [5, 5.41) is 0. The van der Waals surface area contributed by atoms with Crippen LogP contribution in [0.3, 0.4) is 0 Å². The van der Waals surface area contributed by atoms with Crippen LogP contribution in [0.15, 0.2) is 0 Å². The average molecular weight is 194 g/mol.